The highest BCUT2D eigenvalue weighted by molar-refractivity contribution is 7.26. The summed E-state index contributed by atoms with van der Waals surface area (Å²) in [6.45, 7) is 9.30. The molecular formula is C21H21NSSi. The molecule has 0 amide bonds. The lowest BCUT2D eigenvalue weighted by molar-refractivity contribution is 1.27. The van der Waals surface area contributed by atoms with E-state index in [0.29, 0.717) is 0 Å². The zero-order valence-corrected chi connectivity index (χ0v) is 16.4. The van der Waals surface area contributed by atoms with Crippen molar-refractivity contribution in [2.24, 2.45) is 0 Å². The molecular weight excluding hydrogens is 326 g/mol. The van der Waals surface area contributed by atoms with Gasteiger partial charge >= 0.3 is 0 Å². The Labute approximate surface area is 148 Å². The zero-order valence-electron chi connectivity index (χ0n) is 14.6. The van der Waals surface area contributed by atoms with E-state index >= 15 is 0 Å². The number of pyridine rings is 1. The van der Waals surface area contributed by atoms with E-state index in [1.165, 1.54) is 36.5 Å². The van der Waals surface area contributed by atoms with Gasteiger partial charge in [0.2, 0.25) is 0 Å². The van der Waals surface area contributed by atoms with Crippen molar-refractivity contribution in [1.29, 1.82) is 0 Å². The molecule has 0 bridgehead atoms. The van der Waals surface area contributed by atoms with Gasteiger partial charge in [-0.05, 0) is 24.6 Å². The van der Waals surface area contributed by atoms with Crippen molar-refractivity contribution in [2.45, 2.75) is 26.6 Å². The van der Waals surface area contributed by atoms with Crippen LogP contribution in [0.15, 0.2) is 54.7 Å². The molecule has 4 rings (SSSR count). The van der Waals surface area contributed by atoms with Crippen molar-refractivity contribution < 1.29 is 0 Å². The van der Waals surface area contributed by atoms with E-state index < -0.39 is 8.07 Å². The van der Waals surface area contributed by atoms with Crippen LogP contribution in [-0.4, -0.2) is 13.1 Å². The average Bonchev–Trinajstić information content (AvgIpc) is 2.93. The molecule has 2 aromatic heterocycles. The fraction of sp³-hybridized carbons (Fsp3) is 0.190. The van der Waals surface area contributed by atoms with E-state index in [1.54, 1.807) is 0 Å². The molecule has 120 valence electrons. The highest BCUT2D eigenvalue weighted by atomic mass is 32.1. The monoisotopic (exact) mass is 347 g/mol. The van der Waals surface area contributed by atoms with E-state index in [-0.39, 0.29) is 0 Å². The predicted molar refractivity (Wildman–Crippen MR) is 110 cm³/mol. The predicted octanol–water partition coefficient (Wildman–Crippen LogP) is 5.97. The van der Waals surface area contributed by atoms with Crippen LogP contribution >= 0.6 is 11.3 Å². The largest absolute Gasteiger partial charge is 0.256 e. The third-order valence-corrected chi connectivity index (χ3v) is 7.81. The minimum absolute atomic E-state index is 1.06. The van der Waals surface area contributed by atoms with Gasteiger partial charge in [0.25, 0.3) is 0 Å². The summed E-state index contributed by atoms with van der Waals surface area (Å²) >= 11 is 1.88. The van der Waals surface area contributed by atoms with Gasteiger partial charge in [-0.3, -0.25) is 4.98 Å². The topological polar surface area (TPSA) is 12.9 Å². The van der Waals surface area contributed by atoms with Gasteiger partial charge in [-0.25, -0.2) is 0 Å². The average molecular weight is 348 g/mol. The second kappa shape index (κ2) is 5.54. The molecule has 0 spiro atoms. The maximum atomic E-state index is 4.64. The SMILES string of the molecule is Cc1ccc(-c2cccc3c2sc2ccc([Si](C)(C)C)cc23)nc1. The lowest BCUT2D eigenvalue weighted by Gasteiger charge is -2.16. The molecule has 0 aliphatic carbocycles. The van der Waals surface area contributed by atoms with E-state index in [1.807, 2.05) is 17.5 Å². The number of hydrogen-bond donors (Lipinski definition) is 0. The summed E-state index contributed by atoms with van der Waals surface area (Å²) in [4.78, 5) is 4.64. The summed E-state index contributed by atoms with van der Waals surface area (Å²) in [5, 5.41) is 4.27. The first-order valence-corrected chi connectivity index (χ1v) is 12.6. The molecule has 0 N–H and O–H groups in total. The Morgan fingerprint density at radius 2 is 1.75 bits per heavy atom. The van der Waals surface area contributed by atoms with Crippen molar-refractivity contribution in [3.63, 3.8) is 0 Å². The minimum Gasteiger partial charge on any atom is -0.256 e. The molecule has 0 saturated carbocycles. The lowest BCUT2D eigenvalue weighted by Crippen LogP contribution is -2.37. The third kappa shape index (κ3) is 2.58. The summed E-state index contributed by atoms with van der Waals surface area (Å²) in [5.74, 6) is 0. The molecule has 0 saturated heterocycles. The highest BCUT2D eigenvalue weighted by Gasteiger charge is 2.18. The molecule has 24 heavy (non-hydrogen) atoms. The van der Waals surface area contributed by atoms with E-state index in [9.17, 15) is 0 Å². The third-order valence-electron chi connectivity index (χ3n) is 4.55. The smallest absolute Gasteiger partial charge is 0.0776 e. The fourth-order valence-electron chi connectivity index (χ4n) is 3.09. The number of nitrogens with zero attached hydrogens (tertiary/aromatic N) is 1. The van der Waals surface area contributed by atoms with Crippen molar-refractivity contribution in [3.8, 4) is 11.3 Å². The van der Waals surface area contributed by atoms with Gasteiger partial charge < -0.3 is 0 Å². The highest BCUT2D eigenvalue weighted by Crippen LogP contribution is 2.39. The summed E-state index contributed by atoms with van der Waals surface area (Å²) in [6, 6.07) is 17.9. The Hall–Kier alpha value is -1.97. The van der Waals surface area contributed by atoms with Gasteiger partial charge in [0.05, 0.1) is 13.8 Å². The van der Waals surface area contributed by atoms with Crippen LogP contribution < -0.4 is 5.19 Å². The maximum absolute atomic E-state index is 4.64. The van der Waals surface area contributed by atoms with Gasteiger partial charge in [-0.15, -0.1) is 11.3 Å². The van der Waals surface area contributed by atoms with Gasteiger partial charge in [0, 0.05) is 31.9 Å². The van der Waals surface area contributed by atoms with Gasteiger partial charge in [0.1, 0.15) is 0 Å². The van der Waals surface area contributed by atoms with Crippen LogP contribution in [0.25, 0.3) is 31.4 Å². The van der Waals surface area contributed by atoms with Crippen LogP contribution in [0, 0.1) is 6.92 Å². The van der Waals surface area contributed by atoms with Crippen molar-refractivity contribution >= 4 is 44.8 Å². The Balaban J connectivity index is 2.00. The first kappa shape index (κ1) is 15.5. The number of benzene rings is 2. The standard InChI is InChI=1S/C21H21NSSi/c1-14-8-10-19(22-13-14)17-7-5-6-16-18-12-15(24(2,3)4)9-11-20(18)23-21(16)17/h5-13H,1-4H3. The lowest BCUT2D eigenvalue weighted by atomic mass is 10.1. The van der Waals surface area contributed by atoms with Crippen LogP contribution in [0.3, 0.4) is 0 Å². The summed E-state index contributed by atoms with van der Waals surface area (Å²) < 4.78 is 2.71. The number of thiophene rings is 1. The maximum Gasteiger partial charge on any atom is 0.0776 e. The van der Waals surface area contributed by atoms with E-state index in [0.717, 1.165) is 5.69 Å². The van der Waals surface area contributed by atoms with Crippen LogP contribution in [0.5, 0.6) is 0 Å². The van der Waals surface area contributed by atoms with Crippen LogP contribution in [0.2, 0.25) is 19.6 Å². The normalized spacial score (nSPS) is 12.2. The number of aryl methyl sites for hydroxylation is 1. The Morgan fingerprint density at radius 3 is 2.46 bits per heavy atom. The molecule has 3 heteroatoms. The molecule has 0 unspecified atom stereocenters. The first-order valence-electron chi connectivity index (χ1n) is 8.32. The second-order valence-electron chi connectivity index (χ2n) is 7.47. The Kier molecular flexibility index (Phi) is 3.59. The van der Waals surface area contributed by atoms with Crippen LogP contribution in [-0.2, 0) is 0 Å². The molecule has 2 heterocycles. The molecule has 1 nitrogen and oxygen atoms in total. The molecule has 4 aromatic rings. The first-order chi connectivity index (χ1) is 11.4. The molecule has 0 fully saturated rings. The molecule has 2 aromatic carbocycles. The summed E-state index contributed by atoms with van der Waals surface area (Å²) in [6.07, 6.45) is 1.95. The van der Waals surface area contributed by atoms with Crippen molar-refractivity contribution in [3.05, 3.63) is 60.3 Å². The van der Waals surface area contributed by atoms with Crippen LogP contribution in [0.4, 0.5) is 0 Å². The number of aromatic nitrogens is 1. The molecule has 0 aliphatic heterocycles. The molecule has 0 atom stereocenters. The zero-order chi connectivity index (χ0) is 16.9. The Morgan fingerprint density at radius 1 is 0.917 bits per heavy atom. The molecule has 0 radical (unpaired) electrons. The summed E-state index contributed by atoms with van der Waals surface area (Å²) in [5.41, 5.74) is 3.49. The van der Waals surface area contributed by atoms with Crippen LogP contribution in [0.1, 0.15) is 5.56 Å². The van der Waals surface area contributed by atoms with Crippen molar-refractivity contribution in [1.82, 2.24) is 4.98 Å². The minimum atomic E-state index is -1.30. The summed E-state index contributed by atoms with van der Waals surface area (Å²) in [7, 11) is -1.30. The number of rotatable bonds is 2. The fourth-order valence-corrected chi connectivity index (χ4v) is 5.46. The van der Waals surface area contributed by atoms with Gasteiger partial charge in [-0.1, -0.05) is 61.2 Å². The Bertz CT molecular complexity index is 1040. The quantitative estimate of drug-likeness (QED) is 0.407. The number of hydrogen-bond acceptors (Lipinski definition) is 2. The van der Waals surface area contributed by atoms with Crippen molar-refractivity contribution in [2.75, 3.05) is 0 Å². The molecule has 0 aliphatic rings. The van der Waals surface area contributed by atoms with E-state index in [2.05, 4.69) is 80.1 Å². The van der Waals surface area contributed by atoms with Gasteiger partial charge in [-0.2, -0.15) is 0 Å². The van der Waals surface area contributed by atoms with E-state index in [4.69, 9.17) is 0 Å². The van der Waals surface area contributed by atoms with Gasteiger partial charge in [0.15, 0.2) is 0 Å². The number of fused-ring (bicyclic) bond motifs is 3. The second-order valence-corrected chi connectivity index (χ2v) is 13.6.